The van der Waals surface area contributed by atoms with Gasteiger partial charge in [0.2, 0.25) is 0 Å². The summed E-state index contributed by atoms with van der Waals surface area (Å²) < 4.78 is 34.2. The van der Waals surface area contributed by atoms with Gasteiger partial charge < -0.3 is 20.1 Å². The molecule has 0 heterocycles. The van der Waals surface area contributed by atoms with E-state index in [2.05, 4.69) is 15.4 Å². The van der Waals surface area contributed by atoms with Crippen molar-refractivity contribution >= 4 is 17.3 Å². The number of anilines is 1. The third-order valence-corrected chi connectivity index (χ3v) is 3.80. The molecule has 156 valence electrons. The normalized spacial score (nSPS) is 10.7. The summed E-state index contributed by atoms with van der Waals surface area (Å²) in [6.07, 6.45) is 0. The highest BCUT2D eigenvalue weighted by atomic mass is 19.3. The minimum absolute atomic E-state index is 0.105. The average molecular weight is 409 g/mol. The van der Waals surface area contributed by atoms with Crippen LogP contribution in [0.3, 0.4) is 0 Å². The summed E-state index contributed by atoms with van der Waals surface area (Å²) in [5, 5.41) is 17.0. The zero-order chi connectivity index (χ0) is 21.6. The molecule has 8 nitrogen and oxygen atoms in total. The highest BCUT2D eigenvalue weighted by Crippen LogP contribution is 2.31. The van der Waals surface area contributed by atoms with Crippen molar-refractivity contribution in [2.24, 2.45) is 0 Å². The Kier molecular flexibility index (Phi) is 7.29. The molecule has 2 N–H and O–H groups in total. The molecule has 0 atom stereocenters. The standard InChI is InChI=1S/C19H21F2N3O5/c1-11(2)23-18(25)13-5-6-14(15(9-13)24(26)27)22-10-12-4-7-16(29-19(20)21)17(8-12)28-3/h4-9,11,19,22H,10H2,1-3H3,(H,23,25). The Labute approximate surface area is 166 Å². The Hall–Kier alpha value is -3.43. The molecule has 0 saturated heterocycles. The fourth-order valence-corrected chi connectivity index (χ4v) is 2.53. The first-order valence-electron chi connectivity index (χ1n) is 8.66. The van der Waals surface area contributed by atoms with E-state index in [1.807, 2.05) is 0 Å². The molecule has 0 fully saturated rings. The van der Waals surface area contributed by atoms with Gasteiger partial charge in [0.1, 0.15) is 5.69 Å². The lowest BCUT2D eigenvalue weighted by molar-refractivity contribution is -0.384. The van der Waals surface area contributed by atoms with Crippen LogP contribution in [0.4, 0.5) is 20.2 Å². The topological polar surface area (TPSA) is 103 Å². The van der Waals surface area contributed by atoms with Crippen LogP contribution in [0.25, 0.3) is 0 Å². The quantitative estimate of drug-likeness (QED) is 0.480. The molecule has 0 aliphatic heterocycles. The number of nitrogens with zero attached hydrogens (tertiary/aromatic N) is 1. The van der Waals surface area contributed by atoms with E-state index in [0.29, 0.717) is 5.56 Å². The van der Waals surface area contributed by atoms with Gasteiger partial charge in [0.05, 0.1) is 12.0 Å². The van der Waals surface area contributed by atoms with Crippen LogP contribution in [-0.4, -0.2) is 30.6 Å². The lowest BCUT2D eigenvalue weighted by atomic mass is 10.1. The van der Waals surface area contributed by atoms with Gasteiger partial charge in [-0.1, -0.05) is 6.07 Å². The van der Waals surface area contributed by atoms with Crippen molar-refractivity contribution in [3.8, 4) is 11.5 Å². The van der Waals surface area contributed by atoms with E-state index < -0.39 is 17.4 Å². The van der Waals surface area contributed by atoms with E-state index >= 15 is 0 Å². The number of ether oxygens (including phenoxy) is 2. The van der Waals surface area contributed by atoms with Crippen molar-refractivity contribution in [3.05, 3.63) is 57.6 Å². The van der Waals surface area contributed by atoms with Crippen LogP contribution in [0.5, 0.6) is 11.5 Å². The molecular formula is C19H21F2N3O5. The maximum absolute atomic E-state index is 12.4. The molecule has 0 bridgehead atoms. The molecule has 29 heavy (non-hydrogen) atoms. The molecule has 10 heteroatoms. The van der Waals surface area contributed by atoms with Crippen LogP contribution in [0.2, 0.25) is 0 Å². The second-order valence-corrected chi connectivity index (χ2v) is 6.33. The predicted octanol–water partition coefficient (Wildman–Crippen LogP) is 3.96. The molecule has 2 rings (SSSR count). The number of methoxy groups -OCH3 is 1. The average Bonchev–Trinajstić information content (AvgIpc) is 2.65. The molecule has 0 saturated carbocycles. The van der Waals surface area contributed by atoms with Crippen molar-refractivity contribution in [2.75, 3.05) is 12.4 Å². The van der Waals surface area contributed by atoms with Gasteiger partial charge in [0, 0.05) is 24.2 Å². The summed E-state index contributed by atoms with van der Waals surface area (Å²) in [5.41, 5.74) is 0.750. The lowest BCUT2D eigenvalue weighted by Crippen LogP contribution is -2.30. The molecule has 0 aliphatic rings. The van der Waals surface area contributed by atoms with E-state index in [-0.39, 0.29) is 41.0 Å². The Bertz CT molecular complexity index is 890. The van der Waals surface area contributed by atoms with E-state index in [1.54, 1.807) is 13.8 Å². The first-order chi connectivity index (χ1) is 13.7. The summed E-state index contributed by atoms with van der Waals surface area (Å²) in [7, 11) is 1.32. The Balaban J connectivity index is 2.19. The third kappa shape index (κ3) is 6.03. The highest BCUT2D eigenvalue weighted by molar-refractivity contribution is 5.95. The number of benzene rings is 2. The number of carbonyl (C=O) groups excluding carboxylic acids is 1. The minimum atomic E-state index is -2.98. The van der Waals surface area contributed by atoms with Gasteiger partial charge in [-0.25, -0.2) is 0 Å². The van der Waals surface area contributed by atoms with Crippen LogP contribution in [0.15, 0.2) is 36.4 Å². The van der Waals surface area contributed by atoms with Crippen molar-refractivity contribution in [1.29, 1.82) is 0 Å². The van der Waals surface area contributed by atoms with Gasteiger partial charge in [-0.05, 0) is 43.7 Å². The lowest BCUT2D eigenvalue weighted by Gasteiger charge is -2.13. The number of nitrogens with one attached hydrogen (secondary N) is 2. The first kappa shape index (κ1) is 21.9. The molecule has 0 unspecified atom stereocenters. The Morgan fingerprint density at radius 2 is 1.90 bits per heavy atom. The third-order valence-electron chi connectivity index (χ3n) is 3.80. The van der Waals surface area contributed by atoms with E-state index in [0.717, 1.165) is 0 Å². The molecule has 1 amide bonds. The SMILES string of the molecule is COc1cc(CNc2ccc(C(=O)NC(C)C)cc2[N+](=O)[O-])ccc1OC(F)F. The van der Waals surface area contributed by atoms with Gasteiger partial charge in [-0.3, -0.25) is 14.9 Å². The second kappa shape index (κ2) is 9.67. The zero-order valence-electron chi connectivity index (χ0n) is 16.1. The van der Waals surface area contributed by atoms with E-state index in [1.165, 1.54) is 43.5 Å². The van der Waals surface area contributed by atoms with Crippen LogP contribution in [0, 0.1) is 10.1 Å². The first-order valence-corrected chi connectivity index (χ1v) is 8.66. The number of carbonyl (C=O) groups is 1. The number of amides is 1. The van der Waals surface area contributed by atoms with E-state index in [4.69, 9.17) is 4.74 Å². The summed E-state index contributed by atoms with van der Waals surface area (Å²) >= 11 is 0. The number of nitro groups is 1. The fourth-order valence-electron chi connectivity index (χ4n) is 2.53. The van der Waals surface area contributed by atoms with Crippen molar-refractivity contribution in [1.82, 2.24) is 5.32 Å². The van der Waals surface area contributed by atoms with Gasteiger partial charge >= 0.3 is 6.61 Å². The number of hydrogen-bond acceptors (Lipinski definition) is 6. The molecule has 0 spiro atoms. The number of nitro benzene ring substituents is 1. The van der Waals surface area contributed by atoms with Gasteiger partial charge in [-0.15, -0.1) is 0 Å². The van der Waals surface area contributed by atoms with Crippen LogP contribution >= 0.6 is 0 Å². The van der Waals surface area contributed by atoms with Crippen LogP contribution < -0.4 is 20.1 Å². The zero-order valence-corrected chi connectivity index (χ0v) is 16.1. The van der Waals surface area contributed by atoms with Crippen molar-refractivity contribution in [2.45, 2.75) is 33.0 Å². The smallest absolute Gasteiger partial charge is 0.387 e. The Morgan fingerprint density at radius 3 is 2.48 bits per heavy atom. The summed E-state index contributed by atoms with van der Waals surface area (Å²) in [5.74, 6) is -0.411. The van der Waals surface area contributed by atoms with Gasteiger partial charge in [0.15, 0.2) is 11.5 Å². The summed E-state index contributed by atoms with van der Waals surface area (Å²) in [4.78, 5) is 22.9. The maximum Gasteiger partial charge on any atom is 0.387 e. The molecular weight excluding hydrogens is 388 g/mol. The minimum Gasteiger partial charge on any atom is -0.493 e. The maximum atomic E-state index is 12.4. The fraction of sp³-hybridized carbons (Fsp3) is 0.316. The van der Waals surface area contributed by atoms with Crippen molar-refractivity contribution < 1.29 is 28.0 Å². The predicted molar refractivity (Wildman–Crippen MR) is 103 cm³/mol. The van der Waals surface area contributed by atoms with Gasteiger partial charge in [-0.2, -0.15) is 8.78 Å². The highest BCUT2D eigenvalue weighted by Gasteiger charge is 2.18. The van der Waals surface area contributed by atoms with E-state index in [9.17, 15) is 23.7 Å². The molecule has 2 aromatic carbocycles. The molecule has 2 aromatic rings. The number of rotatable bonds is 9. The molecule has 0 aromatic heterocycles. The number of halogens is 2. The Morgan fingerprint density at radius 1 is 1.17 bits per heavy atom. The summed E-state index contributed by atoms with van der Waals surface area (Å²) in [6.45, 7) is 0.744. The van der Waals surface area contributed by atoms with Crippen LogP contribution in [0.1, 0.15) is 29.8 Å². The molecule has 0 radical (unpaired) electrons. The van der Waals surface area contributed by atoms with Crippen molar-refractivity contribution in [3.63, 3.8) is 0 Å². The number of hydrogen-bond donors (Lipinski definition) is 2. The van der Waals surface area contributed by atoms with Crippen LogP contribution in [-0.2, 0) is 6.54 Å². The largest absolute Gasteiger partial charge is 0.493 e. The number of alkyl halides is 2. The monoisotopic (exact) mass is 409 g/mol. The second-order valence-electron chi connectivity index (χ2n) is 6.33. The summed E-state index contributed by atoms with van der Waals surface area (Å²) in [6, 6.07) is 8.36. The van der Waals surface area contributed by atoms with Gasteiger partial charge in [0.25, 0.3) is 11.6 Å². The molecule has 0 aliphatic carbocycles.